The lowest BCUT2D eigenvalue weighted by Gasteiger charge is -2.46. The van der Waals surface area contributed by atoms with Gasteiger partial charge in [-0.1, -0.05) is 33.6 Å². The van der Waals surface area contributed by atoms with Crippen LogP contribution in [0.5, 0.6) is 0 Å². The van der Waals surface area contributed by atoms with Gasteiger partial charge < -0.3 is 19.4 Å². The quantitative estimate of drug-likeness (QED) is 0.314. The zero-order chi connectivity index (χ0) is 32.0. The van der Waals surface area contributed by atoms with Gasteiger partial charge in [0.15, 0.2) is 0 Å². The number of likely N-dealkylation sites (tertiary alicyclic amines) is 1. The summed E-state index contributed by atoms with van der Waals surface area (Å²) in [7, 11) is 2.12. The third kappa shape index (κ3) is 7.28. The lowest BCUT2D eigenvalue weighted by Crippen LogP contribution is -2.59. The Hall–Kier alpha value is -2.98. The second kappa shape index (κ2) is 15.3. The zero-order valence-electron chi connectivity index (χ0n) is 28.1. The van der Waals surface area contributed by atoms with E-state index in [2.05, 4.69) is 44.5 Å². The van der Waals surface area contributed by atoms with Crippen LogP contribution in [0.2, 0.25) is 0 Å². The van der Waals surface area contributed by atoms with Crippen molar-refractivity contribution in [2.75, 3.05) is 44.7 Å². The molecule has 44 heavy (non-hydrogen) atoms. The predicted molar refractivity (Wildman–Crippen MR) is 176 cm³/mol. The van der Waals surface area contributed by atoms with Crippen molar-refractivity contribution in [2.45, 2.75) is 117 Å². The number of hydrogen-bond donors (Lipinski definition) is 0. The average molecular weight is 611 g/mol. The summed E-state index contributed by atoms with van der Waals surface area (Å²) in [5, 5.41) is 0.548. The van der Waals surface area contributed by atoms with Crippen molar-refractivity contribution in [1.82, 2.24) is 24.3 Å². The molecule has 3 heterocycles. The fourth-order valence-electron chi connectivity index (χ4n) is 7.02. The molecule has 1 aromatic heterocycles. The molecule has 3 atom stereocenters. The number of rotatable bonds is 11. The molecular formula is C34H54N6O4. The van der Waals surface area contributed by atoms with Gasteiger partial charge in [-0.25, -0.2) is 9.78 Å². The van der Waals surface area contributed by atoms with Gasteiger partial charge in [0.2, 0.25) is 5.91 Å². The van der Waals surface area contributed by atoms with Crippen molar-refractivity contribution < 1.29 is 14.3 Å². The number of hydrogen-bond acceptors (Lipinski definition) is 7. The number of fused-ring (bicyclic) bond motifs is 1. The van der Waals surface area contributed by atoms with Gasteiger partial charge in [0.1, 0.15) is 5.82 Å². The van der Waals surface area contributed by atoms with E-state index in [9.17, 15) is 14.4 Å². The Morgan fingerprint density at radius 2 is 1.73 bits per heavy atom. The SMILES string of the molecule is CCCCOC(=O)N1C(C)CN(C(CCC)c2nc3ccc(N(C(=O)CC)C4CCN(C)CC4)cc3c(=O)n2CC)CC1C. The zero-order valence-corrected chi connectivity index (χ0v) is 28.1. The number of piperidine rings is 1. The van der Waals surface area contributed by atoms with Gasteiger partial charge in [0.05, 0.1) is 23.6 Å². The topological polar surface area (TPSA) is 91.2 Å². The van der Waals surface area contributed by atoms with Crippen molar-refractivity contribution in [1.29, 1.82) is 0 Å². The van der Waals surface area contributed by atoms with Crippen molar-refractivity contribution >= 4 is 28.6 Å². The lowest BCUT2D eigenvalue weighted by atomic mass is 10.0. The highest BCUT2D eigenvalue weighted by molar-refractivity contribution is 5.96. The van der Waals surface area contributed by atoms with Crippen molar-refractivity contribution in [2.24, 2.45) is 0 Å². The molecule has 10 nitrogen and oxygen atoms in total. The number of benzene rings is 1. The van der Waals surface area contributed by atoms with E-state index in [1.165, 1.54) is 0 Å². The molecule has 0 radical (unpaired) electrons. The summed E-state index contributed by atoms with van der Waals surface area (Å²) in [5.41, 5.74) is 1.37. The molecule has 0 spiro atoms. The van der Waals surface area contributed by atoms with Gasteiger partial charge in [-0.05, 0) is 84.8 Å². The summed E-state index contributed by atoms with van der Waals surface area (Å²) < 4.78 is 7.38. The highest BCUT2D eigenvalue weighted by atomic mass is 16.6. The highest BCUT2D eigenvalue weighted by Crippen LogP contribution is 2.31. The van der Waals surface area contributed by atoms with Crippen molar-refractivity contribution in [3.05, 3.63) is 34.4 Å². The van der Waals surface area contributed by atoms with Crippen LogP contribution < -0.4 is 10.5 Å². The molecule has 2 aromatic rings. The molecule has 0 aliphatic carbocycles. The van der Waals surface area contributed by atoms with Gasteiger partial charge in [-0.15, -0.1) is 0 Å². The van der Waals surface area contributed by atoms with Gasteiger partial charge in [0.25, 0.3) is 5.56 Å². The number of aromatic nitrogens is 2. The fourth-order valence-corrected chi connectivity index (χ4v) is 7.02. The number of amides is 2. The lowest BCUT2D eigenvalue weighted by molar-refractivity contribution is -0.119. The Morgan fingerprint density at radius 3 is 2.32 bits per heavy atom. The average Bonchev–Trinajstić information content (AvgIpc) is 3.00. The standard InChI is InChI=1S/C34H54N6O4/c1-8-12-20-44-34(43)39-24(5)22-37(23-25(39)6)30(13-9-2)32-35-29-15-14-27(21-28(29)33(42)38(32)11-4)40(31(41)10-3)26-16-18-36(7)19-17-26/h14-15,21,24-26,30H,8-13,16-20,22-23H2,1-7H3. The summed E-state index contributed by atoms with van der Waals surface area (Å²) in [6.07, 6.45) is 5.64. The van der Waals surface area contributed by atoms with Crippen LogP contribution in [0.1, 0.15) is 98.4 Å². The van der Waals surface area contributed by atoms with Crippen LogP contribution in [-0.2, 0) is 16.1 Å². The van der Waals surface area contributed by atoms with Gasteiger partial charge >= 0.3 is 6.09 Å². The van der Waals surface area contributed by atoms with Crippen LogP contribution in [0.25, 0.3) is 10.9 Å². The first-order valence-corrected chi connectivity index (χ1v) is 16.9. The molecule has 2 saturated heterocycles. The Kier molecular flexibility index (Phi) is 11.8. The number of ether oxygens (including phenoxy) is 1. The van der Waals surface area contributed by atoms with E-state index >= 15 is 0 Å². The van der Waals surface area contributed by atoms with Crippen LogP contribution in [-0.4, -0.2) is 94.2 Å². The molecule has 2 aliphatic rings. The Labute approximate surface area is 263 Å². The summed E-state index contributed by atoms with van der Waals surface area (Å²) in [4.78, 5) is 53.8. The van der Waals surface area contributed by atoms with Crippen LogP contribution in [0, 0.1) is 0 Å². The first-order valence-electron chi connectivity index (χ1n) is 16.9. The molecule has 0 saturated carbocycles. The van der Waals surface area contributed by atoms with Crippen LogP contribution in [0.3, 0.4) is 0 Å². The number of piperazine rings is 1. The Morgan fingerprint density at radius 1 is 1.05 bits per heavy atom. The monoisotopic (exact) mass is 610 g/mol. The largest absolute Gasteiger partial charge is 0.449 e. The third-order valence-corrected chi connectivity index (χ3v) is 9.37. The maximum absolute atomic E-state index is 14.1. The predicted octanol–water partition coefficient (Wildman–Crippen LogP) is 5.43. The van der Waals surface area contributed by atoms with Gasteiger partial charge in [-0.3, -0.25) is 19.1 Å². The summed E-state index contributed by atoms with van der Waals surface area (Å²) in [5.74, 6) is 0.855. The molecular weight excluding hydrogens is 556 g/mol. The Balaban J connectivity index is 1.67. The van der Waals surface area contributed by atoms with E-state index in [0.29, 0.717) is 43.6 Å². The molecule has 10 heteroatoms. The molecule has 3 unspecified atom stereocenters. The number of anilines is 1. The molecule has 1 aromatic carbocycles. The van der Waals surface area contributed by atoms with Crippen molar-refractivity contribution in [3.63, 3.8) is 0 Å². The van der Waals surface area contributed by atoms with E-state index in [4.69, 9.17) is 9.72 Å². The maximum Gasteiger partial charge on any atom is 0.410 e. The molecule has 244 valence electrons. The van der Waals surface area contributed by atoms with E-state index in [1.807, 2.05) is 46.4 Å². The first kappa shape index (κ1) is 33.9. The minimum Gasteiger partial charge on any atom is -0.449 e. The second-order valence-electron chi connectivity index (χ2n) is 12.7. The summed E-state index contributed by atoms with van der Waals surface area (Å²) in [6, 6.07) is 5.77. The smallest absolute Gasteiger partial charge is 0.410 e. The van der Waals surface area contributed by atoms with Gasteiger partial charge in [0, 0.05) is 49.9 Å². The third-order valence-electron chi connectivity index (χ3n) is 9.37. The van der Waals surface area contributed by atoms with E-state index < -0.39 is 0 Å². The minimum atomic E-state index is -0.244. The number of carbonyl (C=O) groups is 2. The van der Waals surface area contributed by atoms with Gasteiger partial charge in [-0.2, -0.15) is 0 Å². The molecule has 0 N–H and O–H groups in total. The fraction of sp³-hybridized carbons (Fsp3) is 0.706. The second-order valence-corrected chi connectivity index (χ2v) is 12.7. The number of unbranched alkanes of at least 4 members (excludes halogenated alkanes) is 1. The molecule has 2 amide bonds. The first-order chi connectivity index (χ1) is 21.1. The maximum atomic E-state index is 14.1. The number of carbonyl (C=O) groups excluding carboxylic acids is 2. The molecule has 0 bridgehead atoms. The highest BCUT2D eigenvalue weighted by Gasteiger charge is 2.38. The van der Waals surface area contributed by atoms with Crippen molar-refractivity contribution in [3.8, 4) is 0 Å². The summed E-state index contributed by atoms with van der Waals surface area (Å²) >= 11 is 0. The molecule has 2 aliphatic heterocycles. The van der Waals surface area contributed by atoms with Crippen LogP contribution in [0.15, 0.2) is 23.0 Å². The Bertz CT molecular complexity index is 1330. The van der Waals surface area contributed by atoms with Crippen LogP contribution >= 0.6 is 0 Å². The van der Waals surface area contributed by atoms with E-state index in [-0.39, 0.29) is 41.7 Å². The summed E-state index contributed by atoms with van der Waals surface area (Å²) in [6.45, 7) is 16.5. The van der Waals surface area contributed by atoms with E-state index in [1.54, 1.807) is 0 Å². The van der Waals surface area contributed by atoms with E-state index in [0.717, 1.165) is 63.1 Å². The normalized spacial score (nSPS) is 21.0. The van der Waals surface area contributed by atoms with Crippen LogP contribution in [0.4, 0.5) is 10.5 Å². The molecule has 4 rings (SSSR count). The number of nitrogens with zero attached hydrogens (tertiary/aromatic N) is 6. The molecule has 2 fully saturated rings. The minimum absolute atomic E-state index is 0.0290.